The van der Waals surface area contributed by atoms with E-state index in [1.165, 1.54) is 16.3 Å². The number of anilines is 1. The second-order valence-corrected chi connectivity index (χ2v) is 10.7. The molecule has 13 heteroatoms. The number of ketones is 1. The zero-order valence-corrected chi connectivity index (χ0v) is 22.3. The van der Waals surface area contributed by atoms with Gasteiger partial charge in [0.1, 0.15) is 5.69 Å². The van der Waals surface area contributed by atoms with Crippen LogP contribution in [0, 0.1) is 0 Å². The van der Waals surface area contributed by atoms with Crippen LogP contribution in [0.25, 0.3) is 21.8 Å². The van der Waals surface area contributed by atoms with Crippen molar-refractivity contribution in [1.29, 1.82) is 0 Å². The number of fused-ring (bicyclic) bond motifs is 3. The van der Waals surface area contributed by atoms with E-state index in [2.05, 4.69) is 15.6 Å². The molecule has 2 saturated heterocycles. The number of ether oxygens (including phenoxy) is 2. The average molecular weight is 552 g/mol. The molecule has 0 saturated carbocycles. The van der Waals surface area contributed by atoms with E-state index in [0.717, 1.165) is 19.4 Å². The number of rotatable bonds is 7. The smallest absolute Gasteiger partial charge is 0.334 e. The van der Waals surface area contributed by atoms with Crippen LogP contribution in [0.2, 0.25) is 0 Å². The summed E-state index contributed by atoms with van der Waals surface area (Å²) in [6.45, 7) is 3.19. The van der Waals surface area contributed by atoms with Gasteiger partial charge in [0, 0.05) is 32.3 Å². The Labute approximate surface area is 228 Å². The summed E-state index contributed by atoms with van der Waals surface area (Å²) in [5.41, 5.74) is 11.7. The van der Waals surface area contributed by atoms with Gasteiger partial charge in [0.25, 0.3) is 5.91 Å². The Kier molecular flexibility index (Phi) is 6.91. The molecule has 3 aliphatic rings. The fourth-order valence-corrected chi connectivity index (χ4v) is 6.40. The number of nitrogens with zero attached hydrogens (tertiary/aromatic N) is 4. The Morgan fingerprint density at radius 2 is 2.05 bits per heavy atom. The van der Waals surface area contributed by atoms with Crippen LogP contribution in [0.15, 0.2) is 30.3 Å². The van der Waals surface area contributed by atoms with Gasteiger partial charge in [-0.3, -0.25) is 20.1 Å². The molecule has 12 nitrogen and oxygen atoms in total. The number of primary amides is 1. The Morgan fingerprint density at radius 3 is 2.82 bits per heavy atom. The molecule has 2 fully saturated rings. The Balaban J connectivity index is 1.28. The molecule has 6 rings (SSSR count). The van der Waals surface area contributed by atoms with Gasteiger partial charge >= 0.3 is 6.03 Å². The quantitative estimate of drug-likeness (QED) is 0.317. The van der Waals surface area contributed by atoms with Gasteiger partial charge in [0.15, 0.2) is 5.78 Å². The predicted octanol–water partition coefficient (Wildman–Crippen LogP) is 2.24. The molecule has 39 heavy (non-hydrogen) atoms. The molecule has 1 aliphatic carbocycles. The fraction of sp³-hybridized carbons (Fsp3) is 0.385. The highest BCUT2D eigenvalue weighted by Gasteiger charge is 2.38. The standard InChI is InChI=1S/C26H29N7O5S/c1-37-14-15-4-3-9-32(15)30-25(35)19-8-7-18(39-19)23-21-22(28-29-23)16-5-2-6-17(20(16)24(21)34)33(26(27)36)31-10-12-38-13-11-31/h2,5-8,15H,3-4,9-14H2,1H3,(H2,27,36)(H,28,29)(H,30,35). The van der Waals surface area contributed by atoms with E-state index < -0.39 is 6.03 Å². The molecule has 1 unspecified atom stereocenters. The Hall–Kier alpha value is -3.62. The van der Waals surface area contributed by atoms with Crippen LogP contribution in [-0.2, 0) is 9.47 Å². The van der Waals surface area contributed by atoms with Crippen LogP contribution >= 0.6 is 11.3 Å². The van der Waals surface area contributed by atoms with Gasteiger partial charge in [-0.05, 0) is 31.0 Å². The second kappa shape index (κ2) is 10.5. The van der Waals surface area contributed by atoms with Crippen LogP contribution in [0.5, 0.6) is 0 Å². The predicted molar refractivity (Wildman–Crippen MR) is 144 cm³/mol. The van der Waals surface area contributed by atoms with Gasteiger partial charge in [0.05, 0.1) is 58.1 Å². The first-order chi connectivity index (χ1) is 19.0. The van der Waals surface area contributed by atoms with Gasteiger partial charge in [-0.15, -0.1) is 11.3 Å². The number of hydrogen-bond acceptors (Lipinski definition) is 9. The lowest BCUT2D eigenvalue weighted by Crippen LogP contribution is -2.54. The van der Waals surface area contributed by atoms with Crippen LogP contribution in [0.3, 0.4) is 0 Å². The molecule has 1 atom stereocenters. The van der Waals surface area contributed by atoms with Crippen molar-refractivity contribution in [3.63, 3.8) is 0 Å². The maximum absolute atomic E-state index is 13.9. The number of carbonyl (C=O) groups is 3. The summed E-state index contributed by atoms with van der Waals surface area (Å²) < 4.78 is 10.7. The summed E-state index contributed by atoms with van der Waals surface area (Å²) in [4.78, 5) is 40.6. The summed E-state index contributed by atoms with van der Waals surface area (Å²) in [7, 11) is 1.66. The number of morpholine rings is 1. The van der Waals surface area contributed by atoms with E-state index in [1.54, 1.807) is 30.3 Å². The lowest BCUT2D eigenvalue weighted by atomic mass is 10.1. The number of H-pyrrole nitrogens is 1. The number of aromatic amines is 1. The highest BCUT2D eigenvalue weighted by Crippen LogP contribution is 2.45. The first-order valence-electron chi connectivity index (χ1n) is 12.8. The van der Waals surface area contributed by atoms with Gasteiger partial charge in [-0.1, -0.05) is 12.1 Å². The third kappa shape index (κ3) is 4.51. The SMILES string of the molecule is COCC1CCCN1NC(=O)c1ccc(-c2[nH]nc3c2C(=O)c2c-3cccc2N(C(N)=O)N2CCOCC2)s1. The van der Waals surface area contributed by atoms with E-state index >= 15 is 0 Å². The third-order valence-electron chi connectivity index (χ3n) is 7.28. The number of hydrogen-bond donors (Lipinski definition) is 3. The van der Waals surface area contributed by atoms with Crippen molar-refractivity contribution >= 4 is 34.7 Å². The van der Waals surface area contributed by atoms with Gasteiger partial charge in [-0.2, -0.15) is 5.10 Å². The molecule has 1 aromatic carbocycles. The summed E-state index contributed by atoms with van der Waals surface area (Å²) in [5, 5.41) is 12.5. The van der Waals surface area contributed by atoms with Crippen molar-refractivity contribution in [2.45, 2.75) is 18.9 Å². The van der Waals surface area contributed by atoms with E-state index in [-0.39, 0.29) is 17.7 Å². The summed E-state index contributed by atoms with van der Waals surface area (Å²) in [5.74, 6) is -0.456. The van der Waals surface area contributed by atoms with Crippen LogP contribution in [0.4, 0.5) is 10.5 Å². The lowest BCUT2D eigenvalue weighted by Gasteiger charge is -2.36. The number of benzene rings is 1. The average Bonchev–Trinajstić information content (AvgIpc) is 3.72. The van der Waals surface area contributed by atoms with E-state index in [9.17, 15) is 14.4 Å². The second-order valence-electron chi connectivity index (χ2n) is 9.62. The number of nitrogens with two attached hydrogens (primary N) is 1. The minimum absolute atomic E-state index is 0.150. The van der Waals surface area contributed by atoms with Crippen molar-refractivity contribution in [1.82, 2.24) is 25.6 Å². The Bertz CT molecular complexity index is 1430. The topological polar surface area (TPSA) is 146 Å². The molecule has 0 spiro atoms. The van der Waals surface area contributed by atoms with Gasteiger partial charge in [-0.25, -0.2) is 19.8 Å². The van der Waals surface area contributed by atoms with Crippen molar-refractivity contribution in [3.8, 4) is 21.8 Å². The summed E-state index contributed by atoms with van der Waals surface area (Å²) in [6.07, 6.45) is 1.96. The summed E-state index contributed by atoms with van der Waals surface area (Å²) in [6, 6.07) is 8.34. The van der Waals surface area contributed by atoms with Crippen LogP contribution in [0.1, 0.15) is 38.4 Å². The maximum Gasteiger partial charge on any atom is 0.334 e. The van der Waals surface area contributed by atoms with Crippen LogP contribution in [-0.4, -0.2) is 90.5 Å². The number of amides is 3. The minimum Gasteiger partial charge on any atom is -0.383 e. The molecule has 204 valence electrons. The molecule has 2 aromatic heterocycles. The molecular weight excluding hydrogens is 522 g/mol. The number of carbonyl (C=O) groups excluding carboxylic acids is 3. The van der Waals surface area contributed by atoms with Crippen LogP contribution < -0.4 is 16.2 Å². The number of hydrazine groups is 2. The van der Waals surface area contributed by atoms with E-state index in [0.29, 0.717) is 76.4 Å². The van der Waals surface area contributed by atoms with Gasteiger partial charge in [0.2, 0.25) is 0 Å². The van der Waals surface area contributed by atoms with Crippen molar-refractivity contribution < 1.29 is 23.9 Å². The number of nitrogens with one attached hydrogen (secondary N) is 2. The Morgan fingerprint density at radius 1 is 1.23 bits per heavy atom. The number of aromatic nitrogens is 2. The molecule has 3 amide bonds. The number of methoxy groups -OCH3 is 1. The molecule has 2 aliphatic heterocycles. The zero-order chi connectivity index (χ0) is 27.1. The molecule has 4 heterocycles. The molecular formula is C26H29N7O5S. The summed E-state index contributed by atoms with van der Waals surface area (Å²) >= 11 is 1.28. The number of urea groups is 1. The highest BCUT2D eigenvalue weighted by atomic mass is 32.1. The first-order valence-corrected chi connectivity index (χ1v) is 13.6. The largest absolute Gasteiger partial charge is 0.383 e. The lowest BCUT2D eigenvalue weighted by molar-refractivity contribution is 0.0364. The molecule has 3 aromatic rings. The van der Waals surface area contributed by atoms with E-state index in [4.69, 9.17) is 15.2 Å². The normalized spacial score (nSPS) is 19.2. The molecule has 4 N–H and O–H groups in total. The van der Waals surface area contributed by atoms with Gasteiger partial charge < -0.3 is 15.2 Å². The first kappa shape index (κ1) is 25.6. The number of thiophene rings is 1. The molecule has 0 radical (unpaired) electrons. The third-order valence-corrected chi connectivity index (χ3v) is 8.38. The highest BCUT2D eigenvalue weighted by molar-refractivity contribution is 7.17. The van der Waals surface area contributed by atoms with Crippen molar-refractivity contribution in [2.75, 3.05) is 51.6 Å². The van der Waals surface area contributed by atoms with Crippen molar-refractivity contribution in [2.24, 2.45) is 5.73 Å². The van der Waals surface area contributed by atoms with Crippen molar-refractivity contribution in [3.05, 3.63) is 46.3 Å². The minimum atomic E-state index is -0.677. The maximum atomic E-state index is 13.9. The van der Waals surface area contributed by atoms with E-state index in [1.807, 2.05) is 17.1 Å². The monoisotopic (exact) mass is 551 g/mol. The molecule has 0 bridgehead atoms. The fourth-order valence-electron chi connectivity index (χ4n) is 5.51. The zero-order valence-electron chi connectivity index (χ0n) is 21.4.